The van der Waals surface area contributed by atoms with E-state index in [9.17, 15) is 4.79 Å². The van der Waals surface area contributed by atoms with Crippen molar-refractivity contribution in [3.8, 4) is 0 Å². The van der Waals surface area contributed by atoms with E-state index in [1.165, 1.54) is 6.42 Å². The molecule has 0 aliphatic heterocycles. The number of aromatic nitrogens is 1. The third-order valence-electron chi connectivity index (χ3n) is 4.07. The van der Waals surface area contributed by atoms with Crippen LogP contribution in [0.1, 0.15) is 57.3 Å². The Kier molecular flexibility index (Phi) is 3.87. The van der Waals surface area contributed by atoms with E-state index in [1.807, 2.05) is 0 Å². The minimum Gasteiger partial charge on any atom is -0.397 e. The third kappa shape index (κ3) is 3.86. The van der Waals surface area contributed by atoms with Crippen LogP contribution in [-0.2, 0) is 0 Å². The Hall–Kier alpha value is -1.78. The van der Waals surface area contributed by atoms with E-state index in [4.69, 9.17) is 11.5 Å². The second kappa shape index (κ2) is 5.20. The van der Waals surface area contributed by atoms with E-state index in [1.54, 1.807) is 12.3 Å². The molecule has 1 aliphatic rings. The van der Waals surface area contributed by atoms with Gasteiger partial charge in [-0.3, -0.25) is 4.79 Å². The van der Waals surface area contributed by atoms with E-state index < -0.39 is 5.91 Å². The van der Waals surface area contributed by atoms with Crippen molar-refractivity contribution in [3.63, 3.8) is 0 Å². The molecule has 1 heterocycles. The highest BCUT2D eigenvalue weighted by Gasteiger charge is 2.38. The first-order chi connectivity index (χ1) is 9.58. The largest absolute Gasteiger partial charge is 0.397 e. The van der Waals surface area contributed by atoms with Crippen LogP contribution in [-0.4, -0.2) is 16.9 Å². The molecule has 0 radical (unpaired) electrons. The Morgan fingerprint density at radius 2 is 1.86 bits per heavy atom. The molecule has 1 aromatic rings. The van der Waals surface area contributed by atoms with Gasteiger partial charge in [0.05, 0.1) is 17.4 Å². The summed E-state index contributed by atoms with van der Waals surface area (Å²) in [7, 11) is 0. The van der Waals surface area contributed by atoms with Crippen LogP contribution in [0.25, 0.3) is 0 Å². The normalized spacial score (nSPS) is 21.0. The van der Waals surface area contributed by atoms with Crippen molar-refractivity contribution in [2.24, 2.45) is 16.6 Å². The number of rotatable bonds is 3. The molecule has 116 valence electrons. The van der Waals surface area contributed by atoms with Crippen molar-refractivity contribution in [2.45, 2.75) is 53.0 Å². The highest BCUT2D eigenvalue weighted by molar-refractivity contribution is 5.98. The van der Waals surface area contributed by atoms with Gasteiger partial charge in [0, 0.05) is 6.04 Å². The first-order valence-corrected chi connectivity index (χ1v) is 7.40. The number of hydrogen-bond acceptors (Lipinski definition) is 4. The number of nitrogens with zero attached hydrogens (tertiary/aromatic N) is 1. The standard InChI is InChI=1S/C16H26N4O/c1-15(2)6-11(7-16(3,4)9-15)20-14-12(13(18)21)5-10(17)8-19-14/h5,8,11H,6-7,9,17H2,1-4H3,(H2,18,21)(H,19,20). The van der Waals surface area contributed by atoms with Crippen LogP contribution in [0.15, 0.2) is 12.3 Å². The lowest BCUT2D eigenvalue weighted by Crippen LogP contribution is -2.40. The Bertz CT molecular complexity index is 535. The summed E-state index contributed by atoms with van der Waals surface area (Å²) >= 11 is 0. The summed E-state index contributed by atoms with van der Waals surface area (Å²) in [5.74, 6) is 0.0295. The number of nitrogens with one attached hydrogen (secondary N) is 1. The molecule has 1 amide bonds. The molecule has 1 saturated carbocycles. The van der Waals surface area contributed by atoms with E-state index in [-0.39, 0.29) is 16.9 Å². The zero-order valence-electron chi connectivity index (χ0n) is 13.4. The first-order valence-electron chi connectivity index (χ1n) is 7.40. The molecule has 0 atom stereocenters. The summed E-state index contributed by atoms with van der Waals surface area (Å²) in [6.07, 6.45) is 4.82. The van der Waals surface area contributed by atoms with Gasteiger partial charge in [0.15, 0.2) is 0 Å². The number of carbonyl (C=O) groups is 1. The fourth-order valence-electron chi connectivity index (χ4n) is 3.93. The predicted molar refractivity (Wildman–Crippen MR) is 86.0 cm³/mol. The highest BCUT2D eigenvalue weighted by atomic mass is 16.1. The Morgan fingerprint density at radius 3 is 2.38 bits per heavy atom. The number of primary amides is 1. The lowest BCUT2D eigenvalue weighted by atomic mass is 9.63. The monoisotopic (exact) mass is 290 g/mol. The van der Waals surface area contributed by atoms with E-state index in [0.29, 0.717) is 17.1 Å². The average molecular weight is 290 g/mol. The molecule has 0 saturated heterocycles. The molecule has 5 nitrogen and oxygen atoms in total. The van der Waals surface area contributed by atoms with Crippen molar-refractivity contribution >= 4 is 17.4 Å². The van der Waals surface area contributed by atoms with Crippen LogP contribution >= 0.6 is 0 Å². The van der Waals surface area contributed by atoms with Gasteiger partial charge >= 0.3 is 0 Å². The summed E-state index contributed by atoms with van der Waals surface area (Å²) in [5, 5.41) is 3.40. The summed E-state index contributed by atoms with van der Waals surface area (Å²) < 4.78 is 0. The number of amides is 1. The second-order valence-electron chi connectivity index (χ2n) is 7.78. The zero-order chi connectivity index (χ0) is 15.8. The molecule has 5 N–H and O–H groups in total. The minimum atomic E-state index is -0.508. The van der Waals surface area contributed by atoms with Gasteiger partial charge in [-0.05, 0) is 36.2 Å². The van der Waals surface area contributed by atoms with Gasteiger partial charge in [-0.2, -0.15) is 0 Å². The van der Waals surface area contributed by atoms with Gasteiger partial charge in [-0.25, -0.2) is 4.98 Å². The Morgan fingerprint density at radius 1 is 1.29 bits per heavy atom. The van der Waals surface area contributed by atoms with E-state index in [2.05, 4.69) is 38.0 Å². The van der Waals surface area contributed by atoms with Crippen molar-refractivity contribution < 1.29 is 4.79 Å². The van der Waals surface area contributed by atoms with Crippen LogP contribution in [0.2, 0.25) is 0 Å². The zero-order valence-corrected chi connectivity index (χ0v) is 13.4. The van der Waals surface area contributed by atoms with Crippen molar-refractivity contribution in [2.75, 3.05) is 11.1 Å². The smallest absolute Gasteiger partial charge is 0.252 e. The van der Waals surface area contributed by atoms with E-state index in [0.717, 1.165) is 12.8 Å². The maximum atomic E-state index is 11.6. The molecule has 1 aromatic heterocycles. The van der Waals surface area contributed by atoms with Crippen molar-refractivity contribution in [3.05, 3.63) is 17.8 Å². The van der Waals surface area contributed by atoms with Crippen LogP contribution in [0.4, 0.5) is 11.5 Å². The quantitative estimate of drug-likeness (QED) is 0.797. The fraction of sp³-hybridized carbons (Fsp3) is 0.625. The van der Waals surface area contributed by atoms with Crippen LogP contribution in [0.3, 0.4) is 0 Å². The SMILES string of the molecule is CC1(C)CC(Nc2ncc(N)cc2C(N)=O)CC(C)(C)C1. The van der Waals surface area contributed by atoms with Crippen LogP contribution in [0.5, 0.6) is 0 Å². The number of hydrogen-bond donors (Lipinski definition) is 3. The molecule has 0 aromatic carbocycles. The molecule has 0 bridgehead atoms. The fourth-order valence-corrected chi connectivity index (χ4v) is 3.93. The van der Waals surface area contributed by atoms with Crippen LogP contribution in [0, 0.1) is 10.8 Å². The van der Waals surface area contributed by atoms with Gasteiger partial charge in [-0.15, -0.1) is 0 Å². The summed E-state index contributed by atoms with van der Waals surface area (Å²) in [5.41, 5.74) is 12.4. The summed E-state index contributed by atoms with van der Waals surface area (Å²) in [4.78, 5) is 15.8. The second-order valence-corrected chi connectivity index (χ2v) is 7.78. The molecule has 2 rings (SSSR count). The molecule has 1 aliphatic carbocycles. The molecule has 0 spiro atoms. The van der Waals surface area contributed by atoms with Crippen LogP contribution < -0.4 is 16.8 Å². The molecule has 0 unspecified atom stereocenters. The molecule has 21 heavy (non-hydrogen) atoms. The molecular weight excluding hydrogens is 264 g/mol. The third-order valence-corrected chi connectivity index (χ3v) is 4.07. The van der Waals surface area contributed by atoms with Crippen molar-refractivity contribution in [1.82, 2.24) is 4.98 Å². The van der Waals surface area contributed by atoms with Gasteiger partial charge in [0.1, 0.15) is 5.82 Å². The van der Waals surface area contributed by atoms with Gasteiger partial charge in [-0.1, -0.05) is 27.7 Å². The molecule has 1 fully saturated rings. The maximum Gasteiger partial charge on any atom is 0.252 e. The highest BCUT2D eigenvalue weighted by Crippen LogP contribution is 2.46. The minimum absolute atomic E-state index is 0.264. The molecule has 5 heteroatoms. The predicted octanol–water partition coefficient (Wildman–Crippen LogP) is 2.78. The number of anilines is 2. The Balaban J connectivity index is 2.24. The van der Waals surface area contributed by atoms with Gasteiger partial charge < -0.3 is 16.8 Å². The lowest BCUT2D eigenvalue weighted by Gasteiger charge is -2.45. The summed E-state index contributed by atoms with van der Waals surface area (Å²) in [6.45, 7) is 9.14. The molecular formula is C16H26N4O. The average Bonchev–Trinajstić information content (AvgIpc) is 2.27. The van der Waals surface area contributed by atoms with Gasteiger partial charge in [0.2, 0.25) is 0 Å². The topological polar surface area (TPSA) is 94.0 Å². The first kappa shape index (κ1) is 15.6. The van der Waals surface area contributed by atoms with E-state index >= 15 is 0 Å². The summed E-state index contributed by atoms with van der Waals surface area (Å²) in [6, 6.07) is 1.86. The van der Waals surface area contributed by atoms with Crippen molar-refractivity contribution in [1.29, 1.82) is 0 Å². The lowest BCUT2D eigenvalue weighted by molar-refractivity contribution is 0.1000. The number of nitrogen functional groups attached to an aromatic ring is 1. The van der Waals surface area contributed by atoms with Gasteiger partial charge in [0.25, 0.3) is 5.91 Å². The number of nitrogens with two attached hydrogens (primary N) is 2. The maximum absolute atomic E-state index is 11.6. The number of carbonyl (C=O) groups excluding carboxylic acids is 1. The Labute approximate surface area is 126 Å². The number of pyridine rings is 1.